The molecule has 2 amide bonds. The highest BCUT2D eigenvalue weighted by atomic mass is 32.1. The number of anilines is 1. The lowest BCUT2D eigenvalue weighted by Gasteiger charge is -2.40. The van der Waals surface area contributed by atoms with E-state index in [4.69, 9.17) is 17.0 Å². The predicted molar refractivity (Wildman–Crippen MR) is 153 cm³/mol. The van der Waals surface area contributed by atoms with E-state index in [0.717, 1.165) is 16.3 Å². The molecule has 4 aromatic rings. The Morgan fingerprint density at radius 2 is 1.62 bits per heavy atom. The third kappa shape index (κ3) is 4.75. The number of nitro groups is 1. The summed E-state index contributed by atoms with van der Waals surface area (Å²) in [5, 5.41) is 13.3. The third-order valence-corrected chi connectivity index (χ3v) is 7.04. The Labute approximate surface area is 229 Å². The standard InChI is InChI=1S/C30H23N3O5S/c1-19(25-12-6-9-21-8-3-4-11-26(21)25)31-28(34)27(18-20-7-5-10-23(17-20)33(36)37)29(35)32(30(31)39)22-13-15-24(38-2)16-14-22/h3-19H,1-2H3/b27-18-. The second-order valence-corrected chi connectivity index (χ2v) is 9.32. The highest BCUT2D eigenvalue weighted by Gasteiger charge is 2.43. The van der Waals surface area contributed by atoms with Crippen LogP contribution in [0.2, 0.25) is 0 Å². The first-order valence-electron chi connectivity index (χ1n) is 12.1. The third-order valence-electron chi connectivity index (χ3n) is 6.66. The summed E-state index contributed by atoms with van der Waals surface area (Å²) in [6, 6.07) is 25.7. The molecule has 0 saturated carbocycles. The van der Waals surface area contributed by atoms with Crippen LogP contribution in [-0.4, -0.2) is 33.9 Å². The van der Waals surface area contributed by atoms with Gasteiger partial charge >= 0.3 is 0 Å². The van der Waals surface area contributed by atoms with E-state index in [9.17, 15) is 19.7 Å². The van der Waals surface area contributed by atoms with E-state index >= 15 is 0 Å². The number of amides is 2. The number of hydrogen-bond donors (Lipinski definition) is 0. The minimum absolute atomic E-state index is 0.0341. The number of carbonyl (C=O) groups excluding carboxylic acids is 2. The molecule has 5 rings (SSSR count). The molecule has 8 nitrogen and oxygen atoms in total. The van der Waals surface area contributed by atoms with Crippen LogP contribution in [0.1, 0.15) is 24.1 Å². The van der Waals surface area contributed by atoms with Crippen molar-refractivity contribution >= 4 is 57.4 Å². The summed E-state index contributed by atoms with van der Waals surface area (Å²) in [6.07, 6.45) is 1.37. The molecule has 1 aliphatic heterocycles. The number of hydrogen-bond acceptors (Lipinski definition) is 6. The van der Waals surface area contributed by atoms with Gasteiger partial charge in [-0.1, -0.05) is 54.6 Å². The Hall–Kier alpha value is -4.89. The monoisotopic (exact) mass is 537 g/mol. The SMILES string of the molecule is COc1ccc(N2C(=O)/C(=C\c3cccc([N+](=O)[O-])c3)C(=O)N(C(C)c3cccc4ccccc34)C2=S)cc1. The number of methoxy groups -OCH3 is 1. The van der Waals surface area contributed by atoms with Crippen molar-refractivity contribution < 1.29 is 19.2 Å². The van der Waals surface area contributed by atoms with Crippen LogP contribution in [0.4, 0.5) is 11.4 Å². The van der Waals surface area contributed by atoms with Gasteiger partial charge in [-0.2, -0.15) is 0 Å². The van der Waals surface area contributed by atoms with E-state index in [1.54, 1.807) is 30.3 Å². The molecule has 0 N–H and O–H groups in total. The summed E-state index contributed by atoms with van der Waals surface area (Å²) >= 11 is 5.78. The number of fused-ring (bicyclic) bond motifs is 1. The van der Waals surface area contributed by atoms with Crippen molar-refractivity contribution in [2.75, 3.05) is 12.0 Å². The highest BCUT2D eigenvalue weighted by Crippen LogP contribution is 2.35. The molecule has 9 heteroatoms. The summed E-state index contributed by atoms with van der Waals surface area (Å²) in [4.78, 5) is 41.3. The summed E-state index contributed by atoms with van der Waals surface area (Å²) in [6.45, 7) is 1.86. The Bertz CT molecular complexity index is 1660. The Balaban J connectivity index is 1.66. The minimum Gasteiger partial charge on any atom is -0.497 e. The molecule has 0 aromatic heterocycles. The number of nitrogens with zero attached hydrogens (tertiary/aromatic N) is 3. The minimum atomic E-state index is -0.622. The lowest BCUT2D eigenvalue weighted by Crippen LogP contribution is -2.57. The molecule has 0 radical (unpaired) electrons. The first-order valence-corrected chi connectivity index (χ1v) is 12.5. The summed E-state index contributed by atoms with van der Waals surface area (Å²) in [5.41, 5.74) is 1.36. The van der Waals surface area contributed by atoms with Crippen molar-refractivity contribution in [3.8, 4) is 5.75 Å². The fourth-order valence-electron chi connectivity index (χ4n) is 4.70. The molecule has 1 saturated heterocycles. The fourth-order valence-corrected chi connectivity index (χ4v) is 5.13. The Morgan fingerprint density at radius 1 is 0.923 bits per heavy atom. The average molecular weight is 538 g/mol. The second kappa shape index (κ2) is 10.5. The fraction of sp³-hybridized carbons (Fsp3) is 0.100. The maximum atomic E-state index is 14.0. The molecular formula is C30H23N3O5S. The molecule has 4 aromatic carbocycles. The average Bonchev–Trinajstić information content (AvgIpc) is 2.95. The van der Waals surface area contributed by atoms with Crippen LogP contribution in [0.3, 0.4) is 0 Å². The van der Waals surface area contributed by atoms with Gasteiger partial charge in [0, 0.05) is 12.1 Å². The van der Waals surface area contributed by atoms with Crippen LogP contribution in [0.5, 0.6) is 5.75 Å². The van der Waals surface area contributed by atoms with E-state index in [2.05, 4.69) is 0 Å². The first kappa shape index (κ1) is 25.7. The van der Waals surface area contributed by atoms with Crippen LogP contribution in [0.25, 0.3) is 16.8 Å². The topological polar surface area (TPSA) is 93.0 Å². The van der Waals surface area contributed by atoms with Crippen LogP contribution in [-0.2, 0) is 9.59 Å². The van der Waals surface area contributed by atoms with E-state index < -0.39 is 22.8 Å². The number of non-ortho nitro benzene ring substituents is 1. The van der Waals surface area contributed by atoms with Crippen molar-refractivity contribution in [3.05, 3.63) is 118 Å². The van der Waals surface area contributed by atoms with Gasteiger partial charge in [0.15, 0.2) is 5.11 Å². The maximum absolute atomic E-state index is 14.0. The quantitative estimate of drug-likeness (QED) is 0.0976. The smallest absolute Gasteiger partial charge is 0.270 e. The number of carbonyl (C=O) groups is 2. The van der Waals surface area contributed by atoms with Crippen LogP contribution < -0.4 is 9.64 Å². The largest absolute Gasteiger partial charge is 0.497 e. The maximum Gasteiger partial charge on any atom is 0.270 e. The molecular weight excluding hydrogens is 514 g/mol. The normalized spacial score (nSPS) is 15.6. The Morgan fingerprint density at radius 3 is 2.33 bits per heavy atom. The summed E-state index contributed by atoms with van der Waals surface area (Å²) in [5.74, 6) is -0.608. The van der Waals surface area contributed by atoms with Gasteiger partial charge in [-0.25, -0.2) is 0 Å². The molecule has 0 bridgehead atoms. The van der Waals surface area contributed by atoms with Crippen molar-refractivity contribution in [1.82, 2.24) is 4.90 Å². The second-order valence-electron chi connectivity index (χ2n) is 8.95. The van der Waals surface area contributed by atoms with Crippen LogP contribution >= 0.6 is 12.2 Å². The van der Waals surface area contributed by atoms with Crippen molar-refractivity contribution in [1.29, 1.82) is 0 Å². The number of nitro benzene ring substituents is 1. The molecule has 1 heterocycles. The molecule has 1 atom stereocenters. The zero-order valence-corrected chi connectivity index (χ0v) is 21.9. The molecule has 39 heavy (non-hydrogen) atoms. The van der Waals surface area contributed by atoms with E-state index in [-0.39, 0.29) is 16.4 Å². The molecule has 194 valence electrons. The zero-order valence-electron chi connectivity index (χ0n) is 21.1. The Kier molecular flexibility index (Phi) is 6.91. The van der Waals surface area contributed by atoms with Gasteiger partial charge in [0.2, 0.25) is 0 Å². The molecule has 0 spiro atoms. The lowest BCUT2D eigenvalue weighted by atomic mass is 9.97. The van der Waals surface area contributed by atoms with E-state index in [1.807, 2.05) is 49.4 Å². The molecule has 1 aliphatic rings. The first-order chi connectivity index (χ1) is 18.8. The van der Waals surface area contributed by atoms with Crippen molar-refractivity contribution in [3.63, 3.8) is 0 Å². The highest BCUT2D eigenvalue weighted by molar-refractivity contribution is 7.80. The van der Waals surface area contributed by atoms with Crippen molar-refractivity contribution in [2.45, 2.75) is 13.0 Å². The van der Waals surface area contributed by atoms with E-state index in [1.165, 1.54) is 41.2 Å². The number of thiocarbonyl (C=S) groups is 1. The van der Waals surface area contributed by atoms with Gasteiger partial charge in [0.05, 0.1) is 23.8 Å². The van der Waals surface area contributed by atoms with Gasteiger partial charge in [0.25, 0.3) is 17.5 Å². The lowest BCUT2D eigenvalue weighted by molar-refractivity contribution is -0.384. The van der Waals surface area contributed by atoms with Gasteiger partial charge in [-0.05, 0) is 71.4 Å². The van der Waals surface area contributed by atoms with Gasteiger partial charge in [0.1, 0.15) is 11.3 Å². The van der Waals surface area contributed by atoms with Gasteiger partial charge in [-0.3, -0.25) is 29.5 Å². The number of benzene rings is 4. The van der Waals surface area contributed by atoms with Crippen LogP contribution in [0, 0.1) is 10.1 Å². The molecule has 0 aliphatic carbocycles. The summed E-state index contributed by atoms with van der Waals surface area (Å²) < 4.78 is 5.25. The van der Waals surface area contributed by atoms with Gasteiger partial charge < -0.3 is 4.74 Å². The van der Waals surface area contributed by atoms with Crippen LogP contribution in [0.15, 0.2) is 96.6 Å². The number of rotatable bonds is 6. The summed E-state index contributed by atoms with van der Waals surface area (Å²) in [7, 11) is 1.54. The number of ether oxygens (including phenoxy) is 1. The molecule has 1 fully saturated rings. The molecule has 1 unspecified atom stereocenters. The predicted octanol–water partition coefficient (Wildman–Crippen LogP) is 6.06. The van der Waals surface area contributed by atoms with Crippen molar-refractivity contribution in [2.24, 2.45) is 0 Å². The van der Waals surface area contributed by atoms with Gasteiger partial charge in [-0.15, -0.1) is 0 Å². The van der Waals surface area contributed by atoms with E-state index in [0.29, 0.717) is 17.0 Å². The zero-order chi connectivity index (χ0) is 27.7.